The van der Waals surface area contributed by atoms with Crippen molar-refractivity contribution < 1.29 is 8.78 Å². The molecule has 3 atom stereocenters. The minimum absolute atomic E-state index is 0.124. The molecule has 18 heavy (non-hydrogen) atoms. The van der Waals surface area contributed by atoms with E-state index in [1.807, 2.05) is 19.2 Å². The number of hydrogen-bond donors (Lipinski definition) is 1. The molecule has 0 radical (unpaired) electrons. The molecule has 1 fully saturated rings. The van der Waals surface area contributed by atoms with E-state index in [2.05, 4.69) is 24.4 Å². The van der Waals surface area contributed by atoms with E-state index < -0.39 is 6.43 Å². The summed E-state index contributed by atoms with van der Waals surface area (Å²) >= 11 is 1.22. The average Bonchev–Trinajstić information content (AvgIpc) is 2.36. The van der Waals surface area contributed by atoms with E-state index >= 15 is 0 Å². The molecule has 1 N–H and O–H groups in total. The van der Waals surface area contributed by atoms with E-state index in [1.54, 1.807) is 0 Å². The summed E-state index contributed by atoms with van der Waals surface area (Å²) in [6, 6.07) is 8.70. The molecule has 0 saturated heterocycles. The lowest BCUT2D eigenvalue weighted by atomic mass is 9.67. The van der Waals surface area contributed by atoms with Crippen molar-refractivity contribution in [2.24, 2.45) is 5.92 Å². The van der Waals surface area contributed by atoms with Gasteiger partial charge in [0.15, 0.2) is 0 Å². The zero-order valence-electron chi connectivity index (χ0n) is 10.7. The highest BCUT2D eigenvalue weighted by molar-refractivity contribution is 7.99. The zero-order valence-corrected chi connectivity index (χ0v) is 11.5. The fraction of sp³-hybridized carbons (Fsp3) is 0.571. The normalized spacial score (nSPS) is 27.3. The fourth-order valence-corrected chi connectivity index (χ4v) is 3.23. The molecule has 4 heteroatoms. The SMILES string of the molecule is CNC1CC(c2ccc(SCC(F)F)cc2)C1C. The lowest BCUT2D eigenvalue weighted by molar-refractivity contribution is 0.177. The molecular weight excluding hydrogens is 252 g/mol. The van der Waals surface area contributed by atoms with Gasteiger partial charge in [-0.2, -0.15) is 0 Å². The van der Waals surface area contributed by atoms with Crippen molar-refractivity contribution in [2.75, 3.05) is 12.8 Å². The van der Waals surface area contributed by atoms with Crippen LogP contribution in [0.2, 0.25) is 0 Å². The minimum Gasteiger partial charge on any atom is -0.317 e. The second-order valence-electron chi connectivity index (χ2n) is 4.87. The van der Waals surface area contributed by atoms with Crippen LogP contribution in [0.15, 0.2) is 29.2 Å². The van der Waals surface area contributed by atoms with Crippen LogP contribution >= 0.6 is 11.8 Å². The van der Waals surface area contributed by atoms with Gasteiger partial charge in [0.05, 0.1) is 5.75 Å². The Morgan fingerprint density at radius 2 is 2.00 bits per heavy atom. The lowest BCUT2D eigenvalue weighted by Crippen LogP contribution is -2.46. The Balaban J connectivity index is 1.92. The van der Waals surface area contributed by atoms with Crippen LogP contribution in [0.3, 0.4) is 0 Å². The number of hydrogen-bond acceptors (Lipinski definition) is 2. The predicted molar refractivity (Wildman–Crippen MR) is 72.5 cm³/mol. The average molecular weight is 271 g/mol. The highest BCUT2D eigenvalue weighted by Gasteiger charge is 2.37. The largest absolute Gasteiger partial charge is 0.317 e. The second-order valence-corrected chi connectivity index (χ2v) is 5.96. The Hall–Kier alpha value is -0.610. The van der Waals surface area contributed by atoms with Crippen LogP contribution in [-0.2, 0) is 0 Å². The standard InChI is InChI=1S/C14H19F2NS/c1-9-12(7-13(9)17-2)10-3-5-11(6-4-10)18-8-14(15)16/h3-6,9,12-14,17H,7-8H2,1-2H3. The summed E-state index contributed by atoms with van der Waals surface area (Å²) in [7, 11) is 2.00. The van der Waals surface area contributed by atoms with E-state index in [1.165, 1.54) is 23.7 Å². The number of halogens is 2. The molecule has 1 nitrogen and oxygen atoms in total. The summed E-state index contributed by atoms with van der Waals surface area (Å²) in [5.74, 6) is 1.13. The first-order valence-corrected chi connectivity index (χ1v) is 7.28. The highest BCUT2D eigenvalue weighted by atomic mass is 32.2. The molecule has 0 bridgehead atoms. The molecule has 0 aliphatic heterocycles. The third-order valence-corrected chi connectivity index (χ3v) is 4.86. The molecule has 1 aromatic carbocycles. The number of benzene rings is 1. The van der Waals surface area contributed by atoms with Gasteiger partial charge in [-0.05, 0) is 43.0 Å². The van der Waals surface area contributed by atoms with Crippen molar-refractivity contribution >= 4 is 11.8 Å². The van der Waals surface area contributed by atoms with E-state index in [0.717, 1.165) is 4.90 Å². The molecule has 1 aliphatic rings. The topological polar surface area (TPSA) is 12.0 Å². The van der Waals surface area contributed by atoms with Gasteiger partial charge in [0, 0.05) is 10.9 Å². The van der Waals surface area contributed by atoms with Crippen molar-refractivity contribution in [1.82, 2.24) is 5.32 Å². The Labute approximate surface area is 111 Å². The van der Waals surface area contributed by atoms with Crippen molar-refractivity contribution in [2.45, 2.75) is 36.6 Å². The molecule has 2 rings (SSSR count). The van der Waals surface area contributed by atoms with E-state index in [0.29, 0.717) is 17.9 Å². The second kappa shape index (κ2) is 6.02. The van der Waals surface area contributed by atoms with Crippen LogP contribution in [-0.4, -0.2) is 25.3 Å². The van der Waals surface area contributed by atoms with Gasteiger partial charge in [0.1, 0.15) is 0 Å². The van der Waals surface area contributed by atoms with Crippen LogP contribution in [0.4, 0.5) is 8.78 Å². The zero-order chi connectivity index (χ0) is 13.1. The summed E-state index contributed by atoms with van der Waals surface area (Å²) in [5, 5.41) is 3.31. The number of rotatable bonds is 5. The van der Waals surface area contributed by atoms with Crippen LogP contribution in [0.25, 0.3) is 0 Å². The van der Waals surface area contributed by atoms with Crippen molar-refractivity contribution in [3.8, 4) is 0 Å². The maximum absolute atomic E-state index is 12.1. The maximum Gasteiger partial charge on any atom is 0.247 e. The predicted octanol–water partition coefficient (Wildman–Crippen LogP) is 3.76. The molecule has 0 aromatic heterocycles. The molecule has 1 aromatic rings. The Bertz CT molecular complexity index is 380. The third-order valence-electron chi connectivity index (χ3n) is 3.83. The third kappa shape index (κ3) is 3.04. The molecular formula is C14H19F2NS. The van der Waals surface area contributed by atoms with Crippen LogP contribution < -0.4 is 5.32 Å². The first kappa shape index (κ1) is 13.8. The Morgan fingerprint density at radius 3 is 2.50 bits per heavy atom. The smallest absolute Gasteiger partial charge is 0.247 e. The van der Waals surface area contributed by atoms with Gasteiger partial charge in [-0.25, -0.2) is 8.78 Å². The van der Waals surface area contributed by atoms with Gasteiger partial charge in [0.2, 0.25) is 6.43 Å². The van der Waals surface area contributed by atoms with Crippen molar-refractivity contribution in [1.29, 1.82) is 0 Å². The fourth-order valence-electron chi connectivity index (χ4n) is 2.58. The summed E-state index contributed by atoms with van der Waals surface area (Å²) in [6.07, 6.45) is -1.07. The van der Waals surface area contributed by atoms with Crippen LogP contribution in [0.1, 0.15) is 24.8 Å². The van der Waals surface area contributed by atoms with Crippen molar-refractivity contribution in [3.05, 3.63) is 29.8 Å². The first-order valence-electron chi connectivity index (χ1n) is 6.30. The summed E-state index contributed by atoms with van der Waals surface area (Å²) in [6.45, 7) is 2.26. The molecule has 1 aliphatic carbocycles. The molecule has 3 unspecified atom stereocenters. The summed E-state index contributed by atoms with van der Waals surface area (Å²) in [4.78, 5) is 0.927. The van der Waals surface area contributed by atoms with Gasteiger partial charge in [-0.15, -0.1) is 11.8 Å². The van der Waals surface area contributed by atoms with Gasteiger partial charge in [0.25, 0.3) is 0 Å². The van der Waals surface area contributed by atoms with Gasteiger partial charge in [-0.1, -0.05) is 19.1 Å². The van der Waals surface area contributed by atoms with Crippen LogP contribution in [0.5, 0.6) is 0 Å². The number of alkyl halides is 2. The Kier molecular flexibility index (Phi) is 4.62. The molecule has 1 saturated carbocycles. The minimum atomic E-state index is -2.24. The number of nitrogens with one attached hydrogen (secondary N) is 1. The van der Waals surface area contributed by atoms with Crippen molar-refractivity contribution in [3.63, 3.8) is 0 Å². The van der Waals surface area contributed by atoms with Crippen LogP contribution in [0, 0.1) is 5.92 Å². The molecule has 0 spiro atoms. The van der Waals surface area contributed by atoms with E-state index in [9.17, 15) is 8.78 Å². The molecule has 0 amide bonds. The quantitative estimate of drug-likeness (QED) is 0.818. The van der Waals surface area contributed by atoms with Gasteiger partial charge < -0.3 is 5.32 Å². The monoisotopic (exact) mass is 271 g/mol. The lowest BCUT2D eigenvalue weighted by Gasteiger charge is -2.43. The Morgan fingerprint density at radius 1 is 1.33 bits per heavy atom. The summed E-state index contributed by atoms with van der Waals surface area (Å²) < 4.78 is 24.2. The molecule has 0 heterocycles. The van der Waals surface area contributed by atoms with E-state index in [4.69, 9.17) is 0 Å². The number of thioether (sulfide) groups is 1. The molecule has 100 valence electrons. The van der Waals surface area contributed by atoms with Gasteiger partial charge in [-0.3, -0.25) is 0 Å². The highest BCUT2D eigenvalue weighted by Crippen LogP contribution is 2.42. The van der Waals surface area contributed by atoms with Gasteiger partial charge >= 0.3 is 0 Å². The maximum atomic E-state index is 12.1. The van der Waals surface area contributed by atoms with E-state index in [-0.39, 0.29) is 5.75 Å². The summed E-state index contributed by atoms with van der Waals surface area (Å²) in [5.41, 5.74) is 1.33. The first-order chi connectivity index (χ1) is 8.61.